The highest BCUT2D eigenvalue weighted by Gasteiger charge is 2.07. The first kappa shape index (κ1) is 12.2. The average molecular weight is 222 g/mol. The quantitative estimate of drug-likeness (QED) is 0.714. The highest BCUT2D eigenvalue weighted by molar-refractivity contribution is 5.88. The van der Waals surface area contributed by atoms with Gasteiger partial charge in [0.1, 0.15) is 5.82 Å². The van der Waals surface area contributed by atoms with Gasteiger partial charge in [0.15, 0.2) is 0 Å². The Morgan fingerprint density at radius 1 is 1.69 bits per heavy atom. The molecular weight excluding hydrogens is 208 g/mol. The van der Waals surface area contributed by atoms with Crippen LogP contribution in [0.15, 0.2) is 24.8 Å². The first-order valence-corrected chi connectivity index (χ1v) is 4.75. The van der Waals surface area contributed by atoms with E-state index >= 15 is 0 Å². The maximum absolute atomic E-state index is 10.9. The number of rotatable bonds is 6. The van der Waals surface area contributed by atoms with Crippen LogP contribution in [-0.4, -0.2) is 29.7 Å². The maximum atomic E-state index is 10.9. The molecule has 16 heavy (non-hydrogen) atoms. The molecule has 0 amide bonds. The van der Waals surface area contributed by atoms with E-state index in [9.17, 15) is 4.79 Å². The van der Waals surface area contributed by atoms with Crippen LogP contribution in [0.3, 0.4) is 0 Å². The van der Waals surface area contributed by atoms with E-state index in [4.69, 9.17) is 9.84 Å². The first-order valence-electron chi connectivity index (χ1n) is 4.75. The lowest BCUT2D eigenvalue weighted by molar-refractivity contribution is 0.0696. The fourth-order valence-electron chi connectivity index (χ4n) is 1.20. The molecule has 5 heteroatoms. The highest BCUT2D eigenvalue weighted by Crippen LogP contribution is 2.11. The van der Waals surface area contributed by atoms with Gasteiger partial charge in [-0.05, 0) is 12.1 Å². The number of anilines is 1. The van der Waals surface area contributed by atoms with Crippen LogP contribution in [-0.2, 0) is 11.3 Å². The molecule has 2 N–H and O–H groups in total. The van der Waals surface area contributed by atoms with Crippen molar-refractivity contribution in [2.45, 2.75) is 6.61 Å². The molecule has 0 aliphatic rings. The lowest BCUT2D eigenvalue weighted by atomic mass is 10.2. The van der Waals surface area contributed by atoms with Crippen molar-refractivity contribution in [2.24, 2.45) is 0 Å². The summed E-state index contributed by atoms with van der Waals surface area (Å²) >= 11 is 0. The molecule has 0 bridgehead atoms. The van der Waals surface area contributed by atoms with E-state index in [1.807, 2.05) is 0 Å². The zero-order chi connectivity index (χ0) is 12.0. The molecule has 0 aromatic carbocycles. The molecule has 0 saturated heterocycles. The van der Waals surface area contributed by atoms with Crippen LogP contribution in [0.1, 0.15) is 16.1 Å². The van der Waals surface area contributed by atoms with E-state index in [0.717, 1.165) is 0 Å². The molecule has 5 nitrogen and oxygen atoms in total. The minimum absolute atomic E-state index is 0.189. The fourth-order valence-corrected chi connectivity index (χ4v) is 1.20. The minimum Gasteiger partial charge on any atom is -0.478 e. The molecule has 1 aromatic heterocycles. The average Bonchev–Trinajstić information content (AvgIpc) is 2.26. The van der Waals surface area contributed by atoms with Gasteiger partial charge >= 0.3 is 5.97 Å². The molecule has 1 rings (SSSR count). The van der Waals surface area contributed by atoms with E-state index in [0.29, 0.717) is 18.1 Å². The summed E-state index contributed by atoms with van der Waals surface area (Å²) in [5.74, 6) is -0.478. The number of aromatic carboxylic acids is 1. The van der Waals surface area contributed by atoms with Crippen molar-refractivity contribution >= 4 is 11.8 Å². The van der Waals surface area contributed by atoms with Crippen molar-refractivity contribution in [1.82, 2.24) is 4.98 Å². The van der Waals surface area contributed by atoms with Gasteiger partial charge in [-0.1, -0.05) is 6.08 Å². The predicted octanol–water partition coefficient (Wildman–Crippen LogP) is 1.52. The molecule has 0 unspecified atom stereocenters. The van der Waals surface area contributed by atoms with Crippen molar-refractivity contribution in [3.8, 4) is 0 Å². The molecule has 0 saturated carbocycles. The lowest BCUT2D eigenvalue weighted by Gasteiger charge is -2.07. The van der Waals surface area contributed by atoms with Crippen LogP contribution in [0.4, 0.5) is 5.82 Å². The number of carboxylic acid groups (broad SMARTS) is 1. The maximum Gasteiger partial charge on any atom is 0.335 e. The number of hydrogen-bond acceptors (Lipinski definition) is 4. The van der Waals surface area contributed by atoms with E-state index < -0.39 is 5.97 Å². The Bertz CT molecular complexity index is 391. The van der Waals surface area contributed by atoms with Crippen molar-refractivity contribution in [3.63, 3.8) is 0 Å². The number of hydrogen-bond donors (Lipinski definition) is 2. The lowest BCUT2D eigenvalue weighted by Crippen LogP contribution is -2.06. The third-order valence-electron chi connectivity index (χ3n) is 1.85. The Morgan fingerprint density at radius 2 is 2.44 bits per heavy atom. The number of carboxylic acids is 1. The summed E-state index contributed by atoms with van der Waals surface area (Å²) in [6, 6.07) is 2.97. The van der Waals surface area contributed by atoms with Crippen molar-refractivity contribution in [3.05, 3.63) is 36.0 Å². The second-order valence-electron chi connectivity index (χ2n) is 3.14. The predicted molar refractivity (Wildman–Crippen MR) is 60.6 cm³/mol. The number of ether oxygens (including phenoxy) is 1. The Kier molecular flexibility index (Phi) is 4.47. The van der Waals surface area contributed by atoms with Gasteiger partial charge in [0.05, 0.1) is 17.9 Å². The van der Waals surface area contributed by atoms with E-state index in [1.165, 1.54) is 19.2 Å². The normalized spacial score (nSPS) is 9.81. The summed E-state index contributed by atoms with van der Waals surface area (Å²) in [4.78, 5) is 15.1. The first-order chi connectivity index (χ1) is 7.67. The Hall–Kier alpha value is -1.88. The zero-order valence-electron chi connectivity index (χ0n) is 9.06. The monoisotopic (exact) mass is 222 g/mol. The molecule has 86 valence electrons. The van der Waals surface area contributed by atoms with E-state index in [-0.39, 0.29) is 12.2 Å². The van der Waals surface area contributed by atoms with Gasteiger partial charge in [-0.25, -0.2) is 9.78 Å². The third kappa shape index (κ3) is 3.36. The van der Waals surface area contributed by atoms with Crippen molar-refractivity contribution in [1.29, 1.82) is 0 Å². The molecule has 1 heterocycles. The minimum atomic E-state index is -0.985. The number of pyridine rings is 1. The van der Waals surface area contributed by atoms with Gasteiger partial charge in [-0.3, -0.25) is 0 Å². The number of carbonyl (C=O) groups is 1. The molecule has 0 aliphatic carbocycles. The summed E-state index contributed by atoms with van der Waals surface area (Å²) < 4.78 is 4.92. The van der Waals surface area contributed by atoms with E-state index in [2.05, 4.69) is 16.9 Å². The number of methoxy groups -OCH3 is 1. The van der Waals surface area contributed by atoms with Gasteiger partial charge in [0.25, 0.3) is 0 Å². The Balaban J connectivity index is 2.97. The molecule has 0 fully saturated rings. The van der Waals surface area contributed by atoms with Gasteiger partial charge in [0.2, 0.25) is 0 Å². The van der Waals surface area contributed by atoms with Crippen LogP contribution in [0.5, 0.6) is 0 Å². The molecule has 1 aromatic rings. The highest BCUT2D eigenvalue weighted by atomic mass is 16.5. The number of nitrogens with one attached hydrogen (secondary N) is 1. The molecular formula is C11H14N2O3. The summed E-state index contributed by atoms with van der Waals surface area (Å²) in [6.07, 6.45) is 1.67. The smallest absolute Gasteiger partial charge is 0.335 e. The SMILES string of the molecule is C=CCNc1cc(C(=O)O)cc(COC)n1. The Morgan fingerprint density at radius 3 is 3.00 bits per heavy atom. The van der Waals surface area contributed by atoms with Crippen molar-refractivity contribution in [2.75, 3.05) is 19.0 Å². The summed E-state index contributed by atoms with van der Waals surface area (Å²) in [5, 5.41) is 11.9. The summed E-state index contributed by atoms with van der Waals surface area (Å²) in [6.45, 7) is 4.37. The summed E-state index contributed by atoms with van der Waals surface area (Å²) in [7, 11) is 1.53. The molecule has 0 spiro atoms. The van der Waals surface area contributed by atoms with Crippen molar-refractivity contribution < 1.29 is 14.6 Å². The molecule has 0 atom stereocenters. The van der Waals surface area contributed by atoms with Gasteiger partial charge in [-0.2, -0.15) is 0 Å². The summed E-state index contributed by atoms with van der Waals surface area (Å²) in [5.41, 5.74) is 0.766. The fraction of sp³-hybridized carbons (Fsp3) is 0.273. The van der Waals surface area contributed by atoms with Crippen LogP contribution in [0.25, 0.3) is 0 Å². The second kappa shape index (κ2) is 5.87. The van der Waals surface area contributed by atoms with Crippen LogP contribution >= 0.6 is 0 Å². The van der Waals surface area contributed by atoms with E-state index in [1.54, 1.807) is 6.08 Å². The Labute approximate surface area is 93.8 Å². The van der Waals surface area contributed by atoms with Gasteiger partial charge < -0.3 is 15.2 Å². The van der Waals surface area contributed by atoms with Crippen LogP contribution in [0.2, 0.25) is 0 Å². The van der Waals surface area contributed by atoms with Crippen LogP contribution < -0.4 is 5.32 Å². The molecule has 0 aliphatic heterocycles. The largest absolute Gasteiger partial charge is 0.478 e. The zero-order valence-corrected chi connectivity index (χ0v) is 9.06. The van der Waals surface area contributed by atoms with Gasteiger partial charge in [-0.15, -0.1) is 6.58 Å². The standard InChI is InChI=1S/C11H14N2O3/c1-3-4-12-10-6-8(11(14)15)5-9(13-10)7-16-2/h3,5-6H,1,4,7H2,2H3,(H,12,13)(H,14,15). The van der Waals surface area contributed by atoms with Crippen LogP contribution in [0, 0.1) is 0 Å². The topological polar surface area (TPSA) is 71.5 Å². The number of nitrogens with zero attached hydrogens (tertiary/aromatic N) is 1. The number of aromatic nitrogens is 1. The van der Waals surface area contributed by atoms with Gasteiger partial charge in [0, 0.05) is 13.7 Å². The molecule has 0 radical (unpaired) electrons. The second-order valence-corrected chi connectivity index (χ2v) is 3.14. The third-order valence-corrected chi connectivity index (χ3v) is 1.85.